The van der Waals surface area contributed by atoms with Gasteiger partial charge in [-0.2, -0.15) is 0 Å². The van der Waals surface area contributed by atoms with E-state index in [-0.39, 0.29) is 0 Å². The van der Waals surface area contributed by atoms with Crippen LogP contribution in [0.15, 0.2) is 6.20 Å². The minimum atomic E-state index is -0.904. The van der Waals surface area contributed by atoms with E-state index in [4.69, 9.17) is 5.11 Å². The third-order valence-corrected chi connectivity index (χ3v) is 1.48. The zero-order valence-corrected chi connectivity index (χ0v) is 6.35. The Bertz CT molecular complexity index is 269. The minimum Gasteiger partial charge on any atom is -0.480 e. The predicted molar refractivity (Wildman–Crippen MR) is 37.1 cm³/mol. The molecule has 0 radical (unpaired) electrons. The van der Waals surface area contributed by atoms with Crippen molar-refractivity contribution in [3.8, 4) is 0 Å². The first-order valence-electron chi connectivity index (χ1n) is 3.22. The standard InChI is InChI=1S/C6H9N3O2/c1-4-3-7-8-9(4)5(2)6(10)11/h3,5H,1-2H3,(H,10,11)/t5-/m1/s1. The summed E-state index contributed by atoms with van der Waals surface area (Å²) in [6, 6.07) is -0.641. The van der Waals surface area contributed by atoms with Crippen LogP contribution in [0.3, 0.4) is 0 Å². The molecule has 1 rings (SSSR count). The highest BCUT2D eigenvalue weighted by molar-refractivity contribution is 5.71. The van der Waals surface area contributed by atoms with Gasteiger partial charge in [0, 0.05) is 0 Å². The van der Waals surface area contributed by atoms with Gasteiger partial charge >= 0.3 is 5.97 Å². The summed E-state index contributed by atoms with van der Waals surface area (Å²) in [4.78, 5) is 10.5. The van der Waals surface area contributed by atoms with Crippen molar-refractivity contribution in [2.45, 2.75) is 19.9 Å². The second-order valence-corrected chi connectivity index (χ2v) is 2.33. The van der Waals surface area contributed by atoms with Gasteiger partial charge in [0.05, 0.1) is 11.9 Å². The van der Waals surface area contributed by atoms with Crippen LogP contribution in [0.1, 0.15) is 18.7 Å². The predicted octanol–water partition coefficient (Wildman–Crippen LogP) is 0.232. The van der Waals surface area contributed by atoms with Gasteiger partial charge in [0.1, 0.15) is 6.04 Å². The largest absolute Gasteiger partial charge is 0.480 e. The number of nitrogens with zero attached hydrogens (tertiary/aromatic N) is 3. The zero-order valence-electron chi connectivity index (χ0n) is 6.35. The first kappa shape index (κ1) is 7.71. The summed E-state index contributed by atoms with van der Waals surface area (Å²) in [7, 11) is 0. The van der Waals surface area contributed by atoms with Crippen LogP contribution in [0, 0.1) is 6.92 Å². The third-order valence-electron chi connectivity index (χ3n) is 1.48. The number of carboxylic acids is 1. The maximum absolute atomic E-state index is 10.5. The molecule has 0 aliphatic rings. The van der Waals surface area contributed by atoms with Crippen molar-refractivity contribution in [3.05, 3.63) is 11.9 Å². The molecule has 0 aliphatic heterocycles. The maximum Gasteiger partial charge on any atom is 0.328 e. The van der Waals surface area contributed by atoms with Crippen molar-refractivity contribution < 1.29 is 9.90 Å². The average Bonchev–Trinajstić information content (AvgIpc) is 2.33. The topological polar surface area (TPSA) is 68.0 Å². The Morgan fingerprint density at radius 3 is 2.82 bits per heavy atom. The Morgan fingerprint density at radius 2 is 2.45 bits per heavy atom. The molecule has 0 aliphatic carbocycles. The Labute approximate surface area is 63.6 Å². The van der Waals surface area contributed by atoms with Crippen LogP contribution in [0.5, 0.6) is 0 Å². The molecule has 0 saturated carbocycles. The van der Waals surface area contributed by atoms with Crippen molar-refractivity contribution in [2.24, 2.45) is 0 Å². The highest BCUT2D eigenvalue weighted by Crippen LogP contribution is 2.05. The van der Waals surface area contributed by atoms with Crippen LogP contribution >= 0.6 is 0 Å². The lowest BCUT2D eigenvalue weighted by Crippen LogP contribution is -2.17. The van der Waals surface area contributed by atoms with Gasteiger partial charge in [-0.15, -0.1) is 5.10 Å². The first-order chi connectivity index (χ1) is 5.13. The molecule has 1 heterocycles. The van der Waals surface area contributed by atoms with Gasteiger partial charge in [-0.3, -0.25) is 0 Å². The van der Waals surface area contributed by atoms with Gasteiger partial charge in [0.15, 0.2) is 0 Å². The van der Waals surface area contributed by atoms with Gasteiger partial charge in [0.2, 0.25) is 0 Å². The Balaban J connectivity index is 2.92. The number of aryl methyl sites for hydroxylation is 1. The SMILES string of the molecule is Cc1cnnn1[C@H](C)C(=O)O. The lowest BCUT2D eigenvalue weighted by Gasteiger charge is -2.06. The highest BCUT2D eigenvalue weighted by Gasteiger charge is 2.15. The molecular formula is C6H9N3O2. The lowest BCUT2D eigenvalue weighted by molar-refractivity contribution is -0.140. The van der Waals surface area contributed by atoms with E-state index in [2.05, 4.69) is 10.3 Å². The molecule has 0 fully saturated rings. The van der Waals surface area contributed by atoms with Crippen LogP contribution in [0.4, 0.5) is 0 Å². The van der Waals surface area contributed by atoms with Crippen LogP contribution in [0.25, 0.3) is 0 Å². The number of carboxylic acid groups (broad SMARTS) is 1. The number of aromatic nitrogens is 3. The summed E-state index contributed by atoms with van der Waals surface area (Å²) >= 11 is 0. The van der Waals surface area contributed by atoms with Gasteiger partial charge in [-0.05, 0) is 13.8 Å². The van der Waals surface area contributed by atoms with Crippen LogP contribution in [-0.4, -0.2) is 26.1 Å². The van der Waals surface area contributed by atoms with E-state index in [0.717, 1.165) is 5.69 Å². The van der Waals surface area contributed by atoms with Gasteiger partial charge in [-0.25, -0.2) is 9.48 Å². The molecule has 0 unspecified atom stereocenters. The van der Waals surface area contributed by atoms with E-state index >= 15 is 0 Å². The molecule has 0 spiro atoms. The number of rotatable bonds is 2. The highest BCUT2D eigenvalue weighted by atomic mass is 16.4. The van der Waals surface area contributed by atoms with Crippen molar-refractivity contribution in [1.82, 2.24) is 15.0 Å². The summed E-state index contributed by atoms with van der Waals surface area (Å²) in [5, 5.41) is 15.8. The summed E-state index contributed by atoms with van der Waals surface area (Å²) in [6.45, 7) is 3.32. The van der Waals surface area contributed by atoms with Crippen molar-refractivity contribution in [3.63, 3.8) is 0 Å². The fraction of sp³-hybridized carbons (Fsp3) is 0.500. The second-order valence-electron chi connectivity index (χ2n) is 2.33. The van der Waals surface area contributed by atoms with E-state index in [0.29, 0.717) is 0 Å². The quantitative estimate of drug-likeness (QED) is 0.663. The molecule has 5 heteroatoms. The Morgan fingerprint density at radius 1 is 1.82 bits per heavy atom. The third kappa shape index (κ3) is 1.36. The molecular weight excluding hydrogens is 146 g/mol. The number of hydrogen-bond donors (Lipinski definition) is 1. The van der Waals surface area contributed by atoms with Crippen molar-refractivity contribution >= 4 is 5.97 Å². The van der Waals surface area contributed by atoms with Crippen LogP contribution in [0.2, 0.25) is 0 Å². The molecule has 0 aromatic carbocycles. The number of hydrogen-bond acceptors (Lipinski definition) is 3. The Hall–Kier alpha value is -1.39. The van der Waals surface area contributed by atoms with Crippen molar-refractivity contribution in [1.29, 1.82) is 0 Å². The smallest absolute Gasteiger partial charge is 0.328 e. The van der Waals surface area contributed by atoms with E-state index in [1.54, 1.807) is 13.8 Å². The molecule has 0 saturated heterocycles. The molecule has 11 heavy (non-hydrogen) atoms. The lowest BCUT2D eigenvalue weighted by atomic mass is 10.3. The number of aliphatic carboxylic acids is 1. The van der Waals surface area contributed by atoms with E-state index < -0.39 is 12.0 Å². The average molecular weight is 155 g/mol. The second kappa shape index (κ2) is 2.69. The normalized spacial score (nSPS) is 12.9. The van der Waals surface area contributed by atoms with Gasteiger partial charge in [-0.1, -0.05) is 5.21 Å². The molecule has 0 bridgehead atoms. The first-order valence-corrected chi connectivity index (χ1v) is 3.22. The molecule has 1 atom stereocenters. The number of carbonyl (C=O) groups is 1. The minimum absolute atomic E-state index is 0.641. The molecule has 1 aromatic rings. The van der Waals surface area contributed by atoms with Gasteiger partial charge in [0.25, 0.3) is 0 Å². The zero-order chi connectivity index (χ0) is 8.43. The van der Waals surface area contributed by atoms with Crippen LogP contribution in [-0.2, 0) is 4.79 Å². The molecule has 60 valence electrons. The van der Waals surface area contributed by atoms with Crippen molar-refractivity contribution in [2.75, 3.05) is 0 Å². The molecule has 1 aromatic heterocycles. The summed E-state index contributed by atoms with van der Waals surface area (Å²) < 4.78 is 1.36. The van der Waals surface area contributed by atoms with E-state index in [9.17, 15) is 4.79 Å². The van der Waals surface area contributed by atoms with E-state index in [1.165, 1.54) is 10.9 Å². The van der Waals surface area contributed by atoms with E-state index in [1.807, 2.05) is 0 Å². The maximum atomic E-state index is 10.5. The Kier molecular flexibility index (Phi) is 1.89. The monoisotopic (exact) mass is 155 g/mol. The fourth-order valence-electron chi connectivity index (χ4n) is 0.782. The molecule has 1 N–H and O–H groups in total. The van der Waals surface area contributed by atoms with Crippen LogP contribution < -0.4 is 0 Å². The summed E-state index contributed by atoms with van der Waals surface area (Å²) in [5.74, 6) is -0.904. The molecule has 0 amide bonds. The summed E-state index contributed by atoms with van der Waals surface area (Å²) in [5.41, 5.74) is 0.750. The summed E-state index contributed by atoms with van der Waals surface area (Å²) in [6.07, 6.45) is 1.53. The fourth-order valence-corrected chi connectivity index (χ4v) is 0.782. The molecule has 5 nitrogen and oxygen atoms in total. The van der Waals surface area contributed by atoms with Gasteiger partial charge < -0.3 is 5.11 Å².